The van der Waals surface area contributed by atoms with E-state index in [4.69, 9.17) is 0 Å². The number of nitrogens with zero attached hydrogens (tertiary/aromatic N) is 3. The number of anilines is 1. The van der Waals surface area contributed by atoms with E-state index in [9.17, 15) is 5.11 Å². The highest BCUT2D eigenvalue weighted by molar-refractivity contribution is 9.10. The quantitative estimate of drug-likeness (QED) is 0.792. The molecule has 100 valence electrons. The lowest BCUT2D eigenvalue weighted by Crippen LogP contribution is -2.28. The molecule has 1 aliphatic rings. The Hall–Kier alpha value is -1.60. The summed E-state index contributed by atoms with van der Waals surface area (Å²) in [5.41, 5.74) is 1.85. The fourth-order valence-electron chi connectivity index (χ4n) is 2.14. The number of hydrogen-bond acceptors (Lipinski definition) is 5. The molecule has 0 atom stereocenters. The van der Waals surface area contributed by atoms with Crippen LogP contribution in [0, 0.1) is 0 Å². The van der Waals surface area contributed by atoms with Crippen molar-refractivity contribution in [2.45, 2.75) is 6.54 Å². The molecular formula is C12H14BrN5O. The zero-order valence-electron chi connectivity index (χ0n) is 10.2. The van der Waals surface area contributed by atoms with E-state index in [1.165, 1.54) is 0 Å². The number of aliphatic hydroxyl groups excluding tert-OH is 1. The smallest absolute Gasteiger partial charge is 0.210 e. The molecule has 0 unspecified atom stereocenters. The minimum absolute atomic E-state index is 0.0569. The minimum Gasteiger partial charge on any atom is -0.395 e. The summed E-state index contributed by atoms with van der Waals surface area (Å²) in [7, 11) is 0. The summed E-state index contributed by atoms with van der Waals surface area (Å²) in [5, 5.41) is 15.6. The number of aliphatic imine (C=N–C) groups is 1. The summed E-state index contributed by atoms with van der Waals surface area (Å²) in [6, 6.07) is 5.86. The molecule has 19 heavy (non-hydrogen) atoms. The normalized spacial score (nSPS) is 14.5. The Morgan fingerprint density at radius 1 is 1.47 bits per heavy atom. The van der Waals surface area contributed by atoms with Crippen LogP contribution in [0.15, 0.2) is 27.7 Å². The molecule has 1 aliphatic heterocycles. The molecule has 3 N–H and O–H groups in total. The molecular weight excluding hydrogens is 310 g/mol. The third-order valence-electron chi connectivity index (χ3n) is 2.95. The lowest BCUT2D eigenvalue weighted by molar-refractivity contribution is 0.278. The van der Waals surface area contributed by atoms with Crippen LogP contribution in [-0.4, -0.2) is 40.3 Å². The van der Waals surface area contributed by atoms with Crippen LogP contribution < -0.4 is 10.6 Å². The van der Waals surface area contributed by atoms with Gasteiger partial charge in [-0.1, -0.05) is 6.07 Å². The van der Waals surface area contributed by atoms with Crippen molar-refractivity contribution in [2.75, 3.05) is 25.0 Å². The first kappa shape index (κ1) is 12.4. The van der Waals surface area contributed by atoms with Gasteiger partial charge < -0.3 is 15.0 Å². The molecule has 2 heterocycles. The Labute approximate surface area is 118 Å². The fraction of sp³-hybridized carbons (Fsp3) is 0.333. The lowest BCUT2D eigenvalue weighted by atomic mass is 10.3. The zero-order chi connectivity index (χ0) is 13.2. The predicted molar refractivity (Wildman–Crippen MR) is 78.4 cm³/mol. The van der Waals surface area contributed by atoms with Gasteiger partial charge in [0.2, 0.25) is 5.95 Å². The van der Waals surface area contributed by atoms with Crippen molar-refractivity contribution in [2.24, 2.45) is 4.99 Å². The van der Waals surface area contributed by atoms with Crippen LogP contribution in [-0.2, 0) is 6.54 Å². The van der Waals surface area contributed by atoms with Crippen molar-refractivity contribution >= 4 is 38.9 Å². The summed E-state index contributed by atoms with van der Waals surface area (Å²) in [6.07, 6.45) is 0. The summed E-state index contributed by atoms with van der Waals surface area (Å²) >= 11 is 3.53. The zero-order valence-corrected chi connectivity index (χ0v) is 11.8. The second-order valence-corrected chi connectivity index (χ2v) is 5.05. The lowest BCUT2D eigenvalue weighted by Gasteiger charge is -2.10. The van der Waals surface area contributed by atoms with Crippen LogP contribution >= 0.6 is 15.9 Å². The Morgan fingerprint density at radius 2 is 2.37 bits per heavy atom. The van der Waals surface area contributed by atoms with Crippen molar-refractivity contribution in [3.05, 3.63) is 22.7 Å². The number of fused-ring (bicyclic) bond motifs is 1. The van der Waals surface area contributed by atoms with Crippen LogP contribution in [0.3, 0.4) is 0 Å². The molecule has 0 radical (unpaired) electrons. The van der Waals surface area contributed by atoms with E-state index in [1.807, 2.05) is 22.8 Å². The number of halogens is 1. The Morgan fingerprint density at radius 3 is 3.11 bits per heavy atom. The molecule has 0 bridgehead atoms. The largest absolute Gasteiger partial charge is 0.395 e. The third-order valence-corrected chi connectivity index (χ3v) is 3.59. The van der Waals surface area contributed by atoms with Gasteiger partial charge in [0.05, 0.1) is 24.2 Å². The van der Waals surface area contributed by atoms with E-state index in [1.54, 1.807) is 0 Å². The third kappa shape index (κ3) is 2.31. The van der Waals surface area contributed by atoms with Gasteiger partial charge >= 0.3 is 0 Å². The molecule has 0 fully saturated rings. The van der Waals surface area contributed by atoms with Crippen LogP contribution in [0.25, 0.3) is 11.0 Å². The van der Waals surface area contributed by atoms with Gasteiger partial charge in [0, 0.05) is 17.6 Å². The molecule has 7 heteroatoms. The van der Waals surface area contributed by atoms with Gasteiger partial charge in [0.15, 0.2) is 5.96 Å². The number of imidazole rings is 1. The molecule has 0 spiro atoms. The average molecular weight is 324 g/mol. The van der Waals surface area contributed by atoms with E-state index >= 15 is 0 Å². The summed E-state index contributed by atoms with van der Waals surface area (Å²) < 4.78 is 2.90. The van der Waals surface area contributed by atoms with Gasteiger partial charge in [-0.15, -0.1) is 0 Å². The average Bonchev–Trinajstić information content (AvgIpc) is 3.00. The van der Waals surface area contributed by atoms with Crippen LogP contribution in [0.2, 0.25) is 0 Å². The van der Waals surface area contributed by atoms with Gasteiger partial charge in [-0.25, -0.2) is 4.98 Å². The first-order valence-electron chi connectivity index (χ1n) is 6.10. The topological polar surface area (TPSA) is 74.5 Å². The van der Waals surface area contributed by atoms with Crippen molar-refractivity contribution < 1.29 is 5.11 Å². The van der Waals surface area contributed by atoms with Crippen molar-refractivity contribution in [3.8, 4) is 0 Å². The summed E-state index contributed by atoms with van der Waals surface area (Å²) in [6.45, 7) is 2.15. The maximum atomic E-state index is 9.24. The predicted octanol–water partition coefficient (Wildman–Crippen LogP) is 1.16. The van der Waals surface area contributed by atoms with Crippen LogP contribution in [0.1, 0.15) is 0 Å². The Bertz CT molecular complexity index is 636. The first-order valence-corrected chi connectivity index (χ1v) is 6.90. The fourth-order valence-corrected chi connectivity index (χ4v) is 2.71. The van der Waals surface area contributed by atoms with E-state index < -0.39 is 0 Å². The van der Waals surface area contributed by atoms with Gasteiger partial charge in [-0.05, 0) is 28.1 Å². The summed E-state index contributed by atoms with van der Waals surface area (Å²) in [5.74, 6) is 1.41. The second kappa shape index (κ2) is 5.18. The molecule has 3 rings (SSSR count). The van der Waals surface area contributed by atoms with E-state index in [-0.39, 0.29) is 6.61 Å². The molecule has 1 aromatic carbocycles. The highest BCUT2D eigenvalue weighted by Crippen LogP contribution is 2.27. The van der Waals surface area contributed by atoms with E-state index in [0.29, 0.717) is 12.5 Å². The standard InChI is InChI=1S/C12H14BrN5O/c13-8-2-1-3-9-10(8)18(6-7-19)12(16-9)17-11-14-4-5-15-11/h1-3,19H,4-7H2,(H2,14,15,16,17). The number of benzene rings is 1. The number of nitrogens with one attached hydrogen (secondary N) is 2. The first-order chi connectivity index (χ1) is 9.29. The molecule has 0 amide bonds. The van der Waals surface area contributed by atoms with Crippen LogP contribution in [0.5, 0.6) is 0 Å². The highest BCUT2D eigenvalue weighted by atomic mass is 79.9. The minimum atomic E-state index is 0.0569. The van der Waals surface area contributed by atoms with E-state index in [2.05, 4.69) is 36.5 Å². The SMILES string of the molecule is OCCn1c(NC2=NCCN2)nc2cccc(Br)c21. The number of aliphatic hydroxyl groups is 1. The molecule has 1 aromatic heterocycles. The van der Waals surface area contributed by atoms with Gasteiger partial charge in [-0.3, -0.25) is 10.3 Å². The number of hydrogen-bond donors (Lipinski definition) is 3. The van der Waals surface area contributed by atoms with Gasteiger partial charge in [0.1, 0.15) is 0 Å². The molecule has 0 saturated heterocycles. The van der Waals surface area contributed by atoms with E-state index in [0.717, 1.165) is 34.6 Å². The van der Waals surface area contributed by atoms with Crippen LogP contribution in [0.4, 0.5) is 5.95 Å². The molecule has 0 aliphatic carbocycles. The van der Waals surface area contributed by atoms with Crippen molar-refractivity contribution in [1.29, 1.82) is 0 Å². The maximum Gasteiger partial charge on any atom is 0.210 e. The number of aromatic nitrogens is 2. The number of rotatable bonds is 3. The number of guanidine groups is 1. The number of para-hydroxylation sites is 1. The monoisotopic (exact) mass is 323 g/mol. The molecule has 0 saturated carbocycles. The Balaban J connectivity index is 2.06. The van der Waals surface area contributed by atoms with Crippen molar-refractivity contribution in [3.63, 3.8) is 0 Å². The highest BCUT2D eigenvalue weighted by Gasteiger charge is 2.15. The molecule has 6 nitrogen and oxygen atoms in total. The Kier molecular flexibility index (Phi) is 3.39. The van der Waals surface area contributed by atoms with Gasteiger partial charge in [0.25, 0.3) is 0 Å². The summed E-state index contributed by atoms with van der Waals surface area (Å²) in [4.78, 5) is 8.84. The van der Waals surface area contributed by atoms with Crippen molar-refractivity contribution in [1.82, 2.24) is 14.9 Å². The maximum absolute atomic E-state index is 9.24. The second-order valence-electron chi connectivity index (χ2n) is 4.20. The molecule has 2 aromatic rings. The van der Waals surface area contributed by atoms with Gasteiger partial charge in [-0.2, -0.15) is 0 Å².